The fraction of sp³-hybridized carbons (Fsp3) is 0.600. The van der Waals surface area contributed by atoms with Crippen LogP contribution in [0.3, 0.4) is 0 Å². The van der Waals surface area contributed by atoms with Crippen LogP contribution in [0.2, 0.25) is 0 Å². The van der Waals surface area contributed by atoms with Crippen LogP contribution in [-0.2, 0) is 0 Å². The van der Waals surface area contributed by atoms with Crippen molar-refractivity contribution in [3.63, 3.8) is 0 Å². The second kappa shape index (κ2) is 4.92. The molecule has 0 aliphatic carbocycles. The minimum atomic E-state index is 0.270. The molecule has 72 valence electrons. The van der Waals surface area contributed by atoms with Gasteiger partial charge in [0.2, 0.25) is 0 Å². The molecule has 0 saturated carbocycles. The third-order valence-electron chi connectivity index (χ3n) is 2.39. The Balaban J connectivity index is 2.78. The molecule has 1 rings (SSSR count). The van der Waals surface area contributed by atoms with Gasteiger partial charge in [-0.15, -0.1) is 0 Å². The van der Waals surface area contributed by atoms with Crippen LogP contribution in [0, 0.1) is 5.92 Å². The van der Waals surface area contributed by atoms with Gasteiger partial charge in [0, 0.05) is 12.4 Å². The topological polar surface area (TPSA) is 37.8 Å². The summed E-state index contributed by atoms with van der Waals surface area (Å²) in [7, 11) is 1.95. The van der Waals surface area contributed by atoms with Crippen molar-refractivity contribution in [2.24, 2.45) is 5.92 Å². The van der Waals surface area contributed by atoms with Crippen LogP contribution >= 0.6 is 0 Å². The van der Waals surface area contributed by atoms with Crippen molar-refractivity contribution < 1.29 is 0 Å². The molecule has 1 N–H and O–H groups in total. The van der Waals surface area contributed by atoms with Gasteiger partial charge in [0.15, 0.2) is 0 Å². The van der Waals surface area contributed by atoms with Gasteiger partial charge in [-0.05, 0) is 19.0 Å². The molecule has 1 heterocycles. The number of nitrogens with one attached hydrogen (secondary N) is 1. The zero-order valence-corrected chi connectivity index (χ0v) is 8.49. The predicted molar refractivity (Wildman–Crippen MR) is 53.3 cm³/mol. The van der Waals surface area contributed by atoms with Gasteiger partial charge in [-0.1, -0.05) is 20.3 Å². The Morgan fingerprint density at radius 2 is 2.00 bits per heavy atom. The van der Waals surface area contributed by atoms with Gasteiger partial charge in [0.1, 0.15) is 5.82 Å². The van der Waals surface area contributed by atoms with Gasteiger partial charge in [-0.3, -0.25) is 0 Å². The summed E-state index contributed by atoms with van der Waals surface area (Å²) < 4.78 is 0. The Hall–Kier alpha value is -0.960. The lowest BCUT2D eigenvalue weighted by atomic mass is 9.99. The summed E-state index contributed by atoms with van der Waals surface area (Å²) in [4.78, 5) is 8.49. The van der Waals surface area contributed by atoms with Crippen molar-refractivity contribution in [1.29, 1.82) is 0 Å². The first-order chi connectivity index (χ1) is 6.29. The molecule has 2 unspecified atom stereocenters. The zero-order chi connectivity index (χ0) is 9.68. The molecule has 13 heavy (non-hydrogen) atoms. The van der Waals surface area contributed by atoms with Crippen molar-refractivity contribution in [1.82, 2.24) is 15.3 Å². The van der Waals surface area contributed by atoms with E-state index < -0.39 is 0 Å². The highest BCUT2D eigenvalue weighted by molar-refractivity contribution is 4.97. The maximum Gasteiger partial charge on any atom is 0.145 e. The monoisotopic (exact) mass is 179 g/mol. The fourth-order valence-corrected chi connectivity index (χ4v) is 1.38. The van der Waals surface area contributed by atoms with E-state index in [1.807, 2.05) is 13.1 Å². The summed E-state index contributed by atoms with van der Waals surface area (Å²) in [6, 6.07) is 2.11. The van der Waals surface area contributed by atoms with E-state index >= 15 is 0 Å². The quantitative estimate of drug-likeness (QED) is 0.765. The van der Waals surface area contributed by atoms with Crippen molar-refractivity contribution in [2.75, 3.05) is 7.05 Å². The first kappa shape index (κ1) is 10.1. The van der Waals surface area contributed by atoms with E-state index in [2.05, 4.69) is 29.1 Å². The summed E-state index contributed by atoms with van der Waals surface area (Å²) in [5.74, 6) is 1.45. The Labute approximate surface area is 79.6 Å². The Bertz CT molecular complexity index is 235. The first-order valence-electron chi connectivity index (χ1n) is 4.73. The van der Waals surface area contributed by atoms with E-state index in [0.717, 1.165) is 12.2 Å². The molecule has 3 heteroatoms. The summed E-state index contributed by atoms with van der Waals surface area (Å²) in [5, 5.41) is 3.24. The van der Waals surface area contributed by atoms with Crippen LogP contribution in [0.15, 0.2) is 18.5 Å². The fourth-order valence-electron chi connectivity index (χ4n) is 1.38. The molecule has 0 amide bonds. The molecular formula is C10H17N3. The second-order valence-electron chi connectivity index (χ2n) is 3.26. The minimum absolute atomic E-state index is 0.270. The molecule has 0 radical (unpaired) electrons. The van der Waals surface area contributed by atoms with E-state index in [9.17, 15) is 0 Å². The number of nitrogens with zero attached hydrogens (tertiary/aromatic N) is 2. The third-order valence-corrected chi connectivity index (χ3v) is 2.39. The van der Waals surface area contributed by atoms with E-state index in [4.69, 9.17) is 0 Å². The van der Waals surface area contributed by atoms with Gasteiger partial charge in [0.25, 0.3) is 0 Å². The van der Waals surface area contributed by atoms with E-state index in [0.29, 0.717) is 5.92 Å². The number of aromatic nitrogens is 2. The maximum absolute atomic E-state index is 4.25. The third kappa shape index (κ3) is 2.49. The van der Waals surface area contributed by atoms with Gasteiger partial charge in [-0.2, -0.15) is 0 Å². The average molecular weight is 179 g/mol. The van der Waals surface area contributed by atoms with Crippen LogP contribution in [0.4, 0.5) is 0 Å². The first-order valence-corrected chi connectivity index (χ1v) is 4.73. The summed E-state index contributed by atoms with van der Waals surface area (Å²) in [6.07, 6.45) is 4.70. The Kier molecular flexibility index (Phi) is 3.83. The largest absolute Gasteiger partial charge is 0.310 e. The molecule has 0 spiro atoms. The van der Waals surface area contributed by atoms with Crippen molar-refractivity contribution >= 4 is 0 Å². The summed E-state index contributed by atoms with van der Waals surface area (Å²) in [6.45, 7) is 4.38. The molecule has 0 aliphatic rings. The predicted octanol–water partition coefficient (Wildman–Crippen LogP) is 1.78. The standard InChI is InChI=1S/C10H17N3/c1-4-8(2)9(11-3)10-12-6-5-7-13-10/h5-9,11H,4H2,1-3H3. The summed E-state index contributed by atoms with van der Waals surface area (Å²) in [5.41, 5.74) is 0. The van der Waals surface area contributed by atoms with Gasteiger partial charge in [0.05, 0.1) is 6.04 Å². The van der Waals surface area contributed by atoms with E-state index in [1.165, 1.54) is 0 Å². The highest BCUT2D eigenvalue weighted by Gasteiger charge is 2.17. The van der Waals surface area contributed by atoms with Gasteiger partial charge < -0.3 is 5.32 Å². The Morgan fingerprint density at radius 1 is 1.38 bits per heavy atom. The van der Waals surface area contributed by atoms with Crippen molar-refractivity contribution in [2.45, 2.75) is 26.3 Å². The lowest BCUT2D eigenvalue weighted by Gasteiger charge is -2.20. The molecule has 0 bridgehead atoms. The van der Waals surface area contributed by atoms with Crippen molar-refractivity contribution in [3.8, 4) is 0 Å². The summed E-state index contributed by atoms with van der Waals surface area (Å²) >= 11 is 0. The molecule has 3 nitrogen and oxygen atoms in total. The molecule has 0 fully saturated rings. The molecule has 1 aromatic heterocycles. The van der Waals surface area contributed by atoms with Gasteiger partial charge >= 0.3 is 0 Å². The van der Waals surface area contributed by atoms with Crippen LogP contribution < -0.4 is 5.32 Å². The molecule has 0 aliphatic heterocycles. The number of rotatable bonds is 4. The molecule has 0 aromatic carbocycles. The van der Waals surface area contributed by atoms with Crippen LogP contribution in [-0.4, -0.2) is 17.0 Å². The van der Waals surface area contributed by atoms with Crippen molar-refractivity contribution in [3.05, 3.63) is 24.3 Å². The number of hydrogen-bond donors (Lipinski definition) is 1. The lowest BCUT2D eigenvalue weighted by molar-refractivity contribution is 0.384. The van der Waals surface area contributed by atoms with E-state index in [-0.39, 0.29) is 6.04 Å². The highest BCUT2D eigenvalue weighted by Crippen LogP contribution is 2.19. The maximum atomic E-state index is 4.25. The molecular weight excluding hydrogens is 162 g/mol. The van der Waals surface area contributed by atoms with Crippen LogP contribution in [0.1, 0.15) is 32.1 Å². The molecule has 0 saturated heterocycles. The minimum Gasteiger partial charge on any atom is -0.310 e. The Morgan fingerprint density at radius 3 is 2.46 bits per heavy atom. The highest BCUT2D eigenvalue weighted by atomic mass is 15.0. The van der Waals surface area contributed by atoms with Crippen LogP contribution in [0.25, 0.3) is 0 Å². The van der Waals surface area contributed by atoms with Gasteiger partial charge in [-0.25, -0.2) is 9.97 Å². The zero-order valence-electron chi connectivity index (χ0n) is 8.49. The van der Waals surface area contributed by atoms with Crippen LogP contribution in [0.5, 0.6) is 0 Å². The second-order valence-corrected chi connectivity index (χ2v) is 3.26. The molecule has 2 atom stereocenters. The SMILES string of the molecule is CCC(C)C(NC)c1ncccn1. The normalized spacial score (nSPS) is 15.3. The molecule has 1 aromatic rings. The average Bonchev–Trinajstić information content (AvgIpc) is 2.20. The van der Waals surface area contributed by atoms with E-state index in [1.54, 1.807) is 12.4 Å². The lowest BCUT2D eigenvalue weighted by Crippen LogP contribution is -2.25. The number of hydrogen-bond acceptors (Lipinski definition) is 3. The smallest absolute Gasteiger partial charge is 0.145 e.